The number of hydrogen-bond acceptors (Lipinski definition) is 6. The van der Waals surface area contributed by atoms with Crippen LogP contribution in [0.15, 0.2) is 36.4 Å². The molecular weight excluding hydrogens is 470 g/mol. The van der Waals surface area contributed by atoms with Gasteiger partial charge < -0.3 is 9.68 Å². The van der Waals surface area contributed by atoms with Gasteiger partial charge in [0.05, 0.1) is 11.1 Å². The van der Waals surface area contributed by atoms with Gasteiger partial charge in [0.15, 0.2) is 0 Å². The average molecular weight is 488 g/mol. The summed E-state index contributed by atoms with van der Waals surface area (Å²) in [7, 11) is 0. The van der Waals surface area contributed by atoms with Gasteiger partial charge in [-0.2, -0.15) is 0 Å². The lowest BCUT2D eigenvalue weighted by atomic mass is 9.91. The van der Waals surface area contributed by atoms with Crippen LogP contribution in [0.4, 0.5) is 26.3 Å². The summed E-state index contributed by atoms with van der Waals surface area (Å²) < 4.78 is 83.7. The third-order valence-corrected chi connectivity index (χ3v) is 5.72. The maximum atomic E-state index is 14.4. The summed E-state index contributed by atoms with van der Waals surface area (Å²) >= 11 is 0. The summed E-state index contributed by atoms with van der Waals surface area (Å²) in [5.74, 6) is -8.75. The van der Waals surface area contributed by atoms with Gasteiger partial charge in [0.2, 0.25) is 0 Å². The second kappa shape index (κ2) is 9.63. The third-order valence-electron chi connectivity index (χ3n) is 5.72. The lowest BCUT2D eigenvalue weighted by Gasteiger charge is -2.39. The van der Waals surface area contributed by atoms with E-state index in [0.29, 0.717) is 0 Å². The number of alkyl halides is 2. The van der Waals surface area contributed by atoms with Crippen LogP contribution in [0.2, 0.25) is 0 Å². The minimum atomic E-state index is -1.98. The Balaban J connectivity index is 1.21. The van der Waals surface area contributed by atoms with Crippen molar-refractivity contribution in [3.05, 3.63) is 70.8 Å². The first kappa shape index (κ1) is 24.0. The van der Waals surface area contributed by atoms with Gasteiger partial charge in [-0.25, -0.2) is 35.9 Å². The highest BCUT2D eigenvalue weighted by molar-refractivity contribution is 6.29. The van der Waals surface area contributed by atoms with E-state index in [1.54, 1.807) is 0 Å². The zero-order chi connectivity index (χ0) is 24.6. The van der Waals surface area contributed by atoms with Crippen LogP contribution in [0.3, 0.4) is 0 Å². The van der Waals surface area contributed by atoms with Crippen LogP contribution in [-0.4, -0.2) is 48.2 Å². The lowest BCUT2D eigenvalue weighted by molar-refractivity contribution is -0.250. The Bertz CT molecular complexity index is 965. The maximum Gasteiger partial charge on any atom is 0.438 e. The van der Waals surface area contributed by atoms with Crippen molar-refractivity contribution in [3.8, 4) is 0 Å². The molecule has 2 aliphatic heterocycles. The van der Waals surface area contributed by atoms with Crippen LogP contribution in [0.1, 0.15) is 23.5 Å². The quantitative estimate of drug-likeness (QED) is 0.456. The SMILES string of the molecule is O=C(ON1CC(C(F)c2c(F)cccc2F)C1)C(=O)ON1CC(C(F)c2c(F)cccc2F)C1. The molecule has 0 bridgehead atoms. The highest BCUT2D eigenvalue weighted by Gasteiger charge is 2.42. The van der Waals surface area contributed by atoms with Gasteiger partial charge in [0.25, 0.3) is 0 Å². The van der Waals surface area contributed by atoms with Gasteiger partial charge in [-0.05, 0) is 24.3 Å². The first-order valence-corrected chi connectivity index (χ1v) is 10.3. The minimum Gasteiger partial charge on any atom is -0.359 e. The van der Waals surface area contributed by atoms with Crippen LogP contribution in [-0.2, 0) is 19.3 Å². The predicted molar refractivity (Wildman–Crippen MR) is 103 cm³/mol. The van der Waals surface area contributed by atoms with Crippen LogP contribution in [0.25, 0.3) is 0 Å². The molecule has 2 fully saturated rings. The Hall–Kier alpha value is -3.12. The van der Waals surface area contributed by atoms with Crippen molar-refractivity contribution in [2.75, 3.05) is 26.2 Å². The molecular formula is C22H18F6N2O4. The molecule has 2 aliphatic rings. The molecule has 0 saturated carbocycles. The zero-order valence-electron chi connectivity index (χ0n) is 17.4. The fourth-order valence-corrected chi connectivity index (χ4v) is 3.79. The Kier molecular flexibility index (Phi) is 6.80. The molecule has 6 nitrogen and oxygen atoms in total. The lowest BCUT2D eigenvalue weighted by Crippen LogP contribution is -2.52. The number of carbonyl (C=O) groups excluding carboxylic acids is 2. The smallest absolute Gasteiger partial charge is 0.359 e. The fraction of sp³-hybridized carbons (Fsp3) is 0.364. The Labute approximate surface area is 189 Å². The second-order valence-electron chi connectivity index (χ2n) is 8.05. The number of hydrogen-bond donors (Lipinski definition) is 0. The molecule has 2 saturated heterocycles. The first-order chi connectivity index (χ1) is 16.2. The third kappa shape index (κ3) is 4.73. The van der Waals surface area contributed by atoms with E-state index in [0.717, 1.165) is 46.5 Å². The molecule has 2 atom stereocenters. The molecule has 0 amide bonds. The van der Waals surface area contributed by atoms with Gasteiger partial charge in [0, 0.05) is 38.0 Å². The summed E-state index contributed by atoms with van der Waals surface area (Å²) in [4.78, 5) is 33.2. The molecule has 2 aromatic carbocycles. The van der Waals surface area contributed by atoms with E-state index in [-0.39, 0.29) is 26.2 Å². The molecule has 0 aromatic heterocycles. The van der Waals surface area contributed by atoms with E-state index in [1.807, 2.05) is 0 Å². The standard InChI is InChI=1S/C22H18F6N2O4/c23-13-3-1-4-14(24)17(13)19(27)11-7-29(8-11)33-21(31)22(32)34-30-9-12(10-30)20(28)18-15(25)5-2-6-16(18)26/h1-6,11-12,19-20H,7-10H2. The second-order valence-corrected chi connectivity index (χ2v) is 8.05. The highest BCUT2D eigenvalue weighted by Crippen LogP contribution is 2.37. The largest absolute Gasteiger partial charge is 0.438 e. The highest BCUT2D eigenvalue weighted by atomic mass is 19.2. The topological polar surface area (TPSA) is 59.1 Å². The summed E-state index contributed by atoms with van der Waals surface area (Å²) in [6.07, 6.45) is -3.96. The molecule has 0 aliphatic carbocycles. The maximum absolute atomic E-state index is 14.4. The molecule has 0 spiro atoms. The van der Waals surface area contributed by atoms with Crippen molar-refractivity contribution < 1.29 is 45.6 Å². The molecule has 0 radical (unpaired) electrons. The number of rotatable bonds is 6. The van der Waals surface area contributed by atoms with Gasteiger partial charge in [-0.1, -0.05) is 12.1 Å². The van der Waals surface area contributed by atoms with Gasteiger partial charge >= 0.3 is 11.9 Å². The summed E-state index contributed by atoms with van der Waals surface area (Å²) in [6, 6.07) is 5.92. The summed E-state index contributed by atoms with van der Waals surface area (Å²) in [5.41, 5.74) is -1.43. The normalized spacial score (nSPS) is 19.1. The predicted octanol–water partition coefficient (Wildman–Crippen LogP) is 3.74. The van der Waals surface area contributed by atoms with E-state index in [1.165, 1.54) is 0 Å². The number of benzene rings is 2. The van der Waals surface area contributed by atoms with Crippen molar-refractivity contribution >= 4 is 11.9 Å². The van der Waals surface area contributed by atoms with Gasteiger partial charge in [-0.15, -0.1) is 10.1 Å². The van der Waals surface area contributed by atoms with E-state index < -0.39 is 70.5 Å². The molecule has 12 heteroatoms. The summed E-state index contributed by atoms with van der Waals surface area (Å²) in [5, 5.41) is 1.86. The average Bonchev–Trinajstić information content (AvgIpc) is 2.71. The van der Waals surface area contributed by atoms with Gasteiger partial charge in [0.1, 0.15) is 35.6 Å². The van der Waals surface area contributed by atoms with Crippen molar-refractivity contribution in [1.29, 1.82) is 0 Å². The monoisotopic (exact) mass is 488 g/mol. The van der Waals surface area contributed by atoms with E-state index in [4.69, 9.17) is 9.68 Å². The minimum absolute atomic E-state index is 0.211. The number of carbonyl (C=O) groups is 2. The Morgan fingerprint density at radius 1 is 0.676 bits per heavy atom. The number of nitrogens with zero attached hydrogens (tertiary/aromatic N) is 2. The molecule has 0 N–H and O–H groups in total. The Morgan fingerprint density at radius 2 is 0.971 bits per heavy atom. The fourth-order valence-electron chi connectivity index (χ4n) is 3.79. The van der Waals surface area contributed by atoms with Crippen LogP contribution < -0.4 is 0 Å². The van der Waals surface area contributed by atoms with E-state index in [9.17, 15) is 35.9 Å². The molecule has 2 aromatic rings. The number of hydroxylamine groups is 4. The van der Waals surface area contributed by atoms with E-state index in [2.05, 4.69) is 0 Å². The zero-order valence-corrected chi connectivity index (χ0v) is 17.4. The first-order valence-electron chi connectivity index (χ1n) is 10.3. The van der Waals surface area contributed by atoms with Crippen molar-refractivity contribution in [2.24, 2.45) is 11.8 Å². The van der Waals surface area contributed by atoms with Gasteiger partial charge in [-0.3, -0.25) is 0 Å². The number of halogens is 6. The van der Waals surface area contributed by atoms with Crippen LogP contribution in [0.5, 0.6) is 0 Å². The molecule has 4 rings (SSSR count). The Morgan fingerprint density at radius 3 is 1.26 bits per heavy atom. The van der Waals surface area contributed by atoms with Crippen LogP contribution >= 0.6 is 0 Å². The molecule has 2 unspecified atom stereocenters. The van der Waals surface area contributed by atoms with E-state index >= 15 is 0 Å². The summed E-state index contributed by atoms with van der Waals surface area (Å²) in [6.45, 7) is -0.843. The molecule has 34 heavy (non-hydrogen) atoms. The molecule has 2 heterocycles. The van der Waals surface area contributed by atoms with Crippen molar-refractivity contribution in [3.63, 3.8) is 0 Å². The van der Waals surface area contributed by atoms with Crippen molar-refractivity contribution in [1.82, 2.24) is 10.1 Å². The van der Waals surface area contributed by atoms with Crippen molar-refractivity contribution in [2.45, 2.75) is 12.3 Å². The van der Waals surface area contributed by atoms with Crippen LogP contribution in [0, 0.1) is 35.1 Å². The molecule has 182 valence electrons.